The molecule has 0 amide bonds. The first-order valence-corrected chi connectivity index (χ1v) is 12.2. The van der Waals surface area contributed by atoms with Gasteiger partial charge in [-0.25, -0.2) is 4.79 Å². The van der Waals surface area contributed by atoms with Gasteiger partial charge in [0.25, 0.3) is 5.89 Å². The Labute approximate surface area is 218 Å². The third-order valence-electron chi connectivity index (χ3n) is 6.39. The topological polar surface area (TPSA) is 118 Å². The molecule has 3 heterocycles. The van der Waals surface area contributed by atoms with Crippen molar-refractivity contribution >= 4 is 23.4 Å². The predicted molar refractivity (Wildman–Crippen MR) is 136 cm³/mol. The third-order valence-corrected chi connectivity index (χ3v) is 6.63. The number of hydrogen-bond acceptors (Lipinski definition) is 9. The van der Waals surface area contributed by atoms with E-state index in [1.165, 1.54) is 0 Å². The highest BCUT2D eigenvalue weighted by molar-refractivity contribution is 6.30. The molecule has 2 aromatic carbocycles. The molecular weight excluding hydrogens is 492 g/mol. The van der Waals surface area contributed by atoms with E-state index < -0.39 is 11.4 Å². The van der Waals surface area contributed by atoms with Gasteiger partial charge in [-0.15, -0.1) is 10.2 Å². The Morgan fingerprint density at radius 3 is 2.59 bits per heavy atom. The minimum atomic E-state index is -0.467. The van der Waals surface area contributed by atoms with E-state index in [0.29, 0.717) is 48.6 Å². The zero-order valence-corrected chi connectivity index (χ0v) is 20.6. The number of aromatic nitrogens is 4. The Bertz CT molecular complexity index is 1410. The molecule has 1 aliphatic rings. The lowest BCUT2D eigenvalue weighted by Crippen LogP contribution is -2.41. The Morgan fingerprint density at radius 1 is 1.08 bits per heavy atom. The summed E-state index contributed by atoms with van der Waals surface area (Å²) in [5.41, 5.74) is 1.50. The molecule has 1 saturated heterocycles. The van der Waals surface area contributed by atoms with Crippen LogP contribution >= 0.6 is 11.6 Å². The number of rotatable bonds is 7. The van der Waals surface area contributed by atoms with E-state index in [1.807, 2.05) is 36.4 Å². The highest BCUT2D eigenvalue weighted by Gasteiger charge is 2.35. The maximum absolute atomic E-state index is 12.1. The number of esters is 1. The van der Waals surface area contributed by atoms with Crippen LogP contribution in [0.15, 0.2) is 71.3 Å². The summed E-state index contributed by atoms with van der Waals surface area (Å²) in [7, 11) is 0. The molecule has 37 heavy (non-hydrogen) atoms. The molecule has 10 heteroatoms. The summed E-state index contributed by atoms with van der Waals surface area (Å²) >= 11 is 6.12. The van der Waals surface area contributed by atoms with Gasteiger partial charge < -0.3 is 14.2 Å². The summed E-state index contributed by atoms with van der Waals surface area (Å²) in [5, 5.41) is 23.0. The van der Waals surface area contributed by atoms with Gasteiger partial charge in [-0.1, -0.05) is 47.1 Å². The van der Waals surface area contributed by atoms with E-state index in [9.17, 15) is 10.1 Å². The van der Waals surface area contributed by atoms with Crippen molar-refractivity contribution in [2.75, 3.05) is 18.0 Å². The average Bonchev–Trinajstić information content (AvgIpc) is 3.42. The van der Waals surface area contributed by atoms with Crippen molar-refractivity contribution in [3.05, 3.63) is 88.7 Å². The van der Waals surface area contributed by atoms with Gasteiger partial charge in [-0.2, -0.15) is 10.2 Å². The molecule has 0 unspecified atom stereocenters. The molecule has 1 aliphatic heterocycles. The quantitative estimate of drug-likeness (QED) is 0.317. The molecule has 0 atom stereocenters. The molecule has 2 aromatic heterocycles. The minimum Gasteiger partial charge on any atom is -0.454 e. The average molecular weight is 515 g/mol. The van der Waals surface area contributed by atoms with E-state index in [2.05, 4.69) is 31.3 Å². The fourth-order valence-corrected chi connectivity index (χ4v) is 4.55. The van der Waals surface area contributed by atoms with E-state index in [0.717, 1.165) is 11.4 Å². The van der Waals surface area contributed by atoms with Crippen LogP contribution in [0.1, 0.15) is 34.6 Å². The van der Waals surface area contributed by atoms with Gasteiger partial charge in [0.2, 0.25) is 5.82 Å². The highest BCUT2D eigenvalue weighted by Crippen LogP contribution is 2.36. The zero-order valence-electron chi connectivity index (χ0n) is 19.9. The standard InChI is InChI=1S/C27H23ClN6O3/c28-21-8-4-5-19(15-21)16-27(18-29)11-13-34(14-12-27)24-10-9-22(31-32-24)25-30-23(33-37-25)17-36-26(35)20-6-2-1-3-7-20/h1-10,15H,11-14,16-17H2. The maximum atomic E-state index is 12.1. The predicted octanol–water partition coefficient (Wildman–Crippen LogP) is 4.89. The highest BCUT2D eigenvalue weighted by atomic mass is 35.5. The van der Waals surface area contributed by atoms with Crippen LogP contribution in [0.25, 0.3) is 11.6 Å². The second kappa shape index (κ2) is 10.8. The van der Waals surface area contributed by atoms with Crippen LogP contribution in [0.3, 0.4) is 0 Å². The number of ether oxygens (including phenoxy) is 1. The van der Waals surface area contributed by atoms with Gasteiger partial charge in [0.05, 0.1) is 17.0 Å². The lowest BCUT2D eigenvalue weighted by molar-refractivity contribution is 0.0459. The van der Waals surface area contributed by atoms with Crippen LogP contribution in [-0.2, 0) is 17.8 Å². The molecule has 0 bridgehead atoms. The van der Waals surface area contributed by atoms with Gasteiger partial charge >= 0.3 is 5.97 Å². The fraction of sp³-hybridized carbons (Fsp3) is 0.259. The van der Waals surface area contributed by atoms with Gasteiger partial charge in [-0.05, 0) is 61.2 Å². The second-order valence-electron chi connectivity index (χ2n) is 8.92. The number of nitrogens with zero attached hydrogens (tertiary/aromatic N) is 6. The van der Waals surface area contributed by atoms with Crippen molar-refractivity contribution in [1.29, 1.82) is 5.26 Å². The van der Waals surface area contributed by atoms with Crippen molar-refractivity contribution in [2.24, 2.45) is 5.41 Å². The third kappa shape index (κ3) is 5.76. The number of nitriles is 1. The second-order valence-corrected chi connectivity index (χ2v) is 9.36. The maximum Gasteiger partial charge on any atom is 0.338 e. The van der Waals surface area contributed by atoms with Crippen LogP contribution in [0.2, 0.25) is 5.02 Å². The lowest BCUT2D eigenvalue weighted by Gasteiger charge is -2.37. The first-order valence-electron chi connectivity index (χ1n) is 11.8. The van der Waals surface area contributed by atoms with Crippen molar-refractivity contribution < 1.29 is 14.1 Å². The SMILES string of the molecule is N#CC1(Cc2cccc(Cl)c2)CCN(c2ccc(-c3nc(COC(=O)c4ccccc4)no3)nn2)CC1. The van der Waals surface area contributed by atoms with Crippen molar-refractivity contribution in [1.82, 2.24) is 20.3 Å². The van der Waals surface area contributed by atoms with Gasteiger partial charge in [0.1, 0.15) is 0 Å². The van der Waals surface area contributed by atoms with Crippen molar-refractivity contribution in [3.63, 3.8) is 0 Å². The summed E-state index contributed by atoms with van der Waals surface area (Å²) in [6, 6.07) is 22.5. The smallest absolute Gasteiger partial charge is 0.338 e. The molecule has 4 aromatic rings. The van der Waals surface area contributed by atoms with E-state index in [1.54, 1.807) is 30.3 Å². The summed E-state index contributed by atoms with van der Waals surface area (Å²) in [5.74, 6) is 0.669. The van der Waals surface area contributed by atoms with E-state index in [-0.39, 0.29) is 18.3 Å². The Hall–Kier alpha value is -4.29. The summed E-state index contributed by atoms with van der Waals surface area (Å²) in [6.45, 7) is 1.27. The molecule has 0 N–H and O–H groups in total. The summed E-state index contributed by atoms with van der Waals surface area (Å²) in [4.78, 5) is 18.5. The molecular formula is C27H23ClN6O3. The summed E-state index contributed by atoms with van der Waals surface area (Å²) in [6.07, 6.45) is 2.10. The van der Waals surface area contributed by atoms with Gasteiger partial charge in [0.15, 0.2) is 18.1 Å². The largest absolute Gasteiger partial charge is 0.454 e. The van der Waals surface area contributed by atoms with Crippen LogP contribution < -0.4 is 4.90 Å². The first kappa shape index (κ1) is 24.4. The number of anilines is 1. The van der Waals surface area contributed by atoms with Gasteiger partial charge in [-0.3, -0.25) is 0 Å². The molecule has 1 fully saturated rings. The first-order chi connectivity index (χ1) is 18.0. The number of carbonyl (C=O) groups is 1. The zero-order chi connectivity index (χ0) is 25.7. The molecule has 186 valence electrons. The Balaban J connectivity index is 1.17. The number of benzene rings is 2. The van der Waals surface area contributed by atoms with Crippen LogP contribution in [0.4, 0.5) is 5.82 Å². The monoisotopic (exact) mass is 514 g/mol. The lowest BCUT2D eigenvalue weighted by atomic mass is 9.75. The number of carbonyl (C=O) groups excluding carboxylic acids is 1. The van der Waals surface area contributed by atoms with Crippen molar-refractivity contribution in [3.8, 4) is 17.7 Å². The number of hydrogen-bond donors (Lipinski definition) is 0. The Kier molecular flexibility index (Phi) is 7.10. The molecule has 0 spiro atoms. The Morgan fingerprint density at radius 2 is 1.89 bits per heavy atom. The molecule has 0 radical (unpaired) electrons. The summed E-state index contributed by atoms with van der Waals surface area (Å²) < 4.78 is 10.5. The van der Waals surface area contributed by atoms with Crippen LogP contribution in [0, 0.1) is 16.7 Å². The molecule has 9 nitrogen and oxygen atoms in total. The van der Waals surface area contributed by atoms with E-state index in [4.69, 9.17) is 20.9 Å². The fourth-order valence-electron chi connectivity index (χ4n) is 4.34. The van der Waals surface area contributed by atoms with Gasteiger partial charge in [0, 0.05) is 18.1 Å². The number of piperidine rings is 1. The molecule has 5 rings (SSSR count). The minimum absolute atomic E-state index is 0.119. The number of halogens is 1. The normalized spacial score (nSPS) is 14.6. The van der Waals surface area contributed by atoms with Crippen LogP contribution in [0.5, 0.6) is 0 Å². The van der Waals surface area contributed by atoms with E-state index >= 15 is 0 Å². The van der Waals surface area contributed by atoms with Crippen LogP contribution in [-0.4, -0.2) is 39.4 Å². The molecule has 0 aliphatic carbocycles. The van der Waals surface area contributed by atoms with Crippen molar-refractivity contribution in [2.45, 2.75) is 25.9 Å². The molecule has 0 saturated carbocycles.